The van der Waals surface area contributed by atoms with E-state index in [9.17, 15) is 4.79 Å². The van der Waals surface area contributed by atoms with E-state index in [0.29, 0.717) is 5.02 Å². The number of nitrogens with one attached hydrogen (secondary N) is 1. The minimum absolute atomic E-state index is 0.00307. The normalized spacial score (nSPS) is 11.3. The van der Waals surface area contributed by atoms with Gasteiger partial charge in [0.15, 0.2) is 5.78 Å². The van der Waals surface area contributed by atoms with Crippen LogP contribution in [-0.2, 0) is 0 Å². The highest BCUT2D eigenvalue weighted by Crippen LogP contribution is 2.29. The Hall–Kier alpha value is -1.28. The fraction of sp³-hybridized carbons (Fsp3) is 0.308. The summed E-state index contributed by atoms with van der Waals surface area (Å²) in [6.07, 6.45) is 0. The quantitative estimate of drug-likeness (QED) is 0.785. The maximum absolute atomic E-state index is 12.1. The maximum Gasteiger partial charge on any atom is 0.167 e. The largest absolute Gasteiger partial charge is 0.357 e. The van der Waals surface area contributed by atoms with Gasteiger partial charge in [0.1, 0.15) is 0 Å². The first-order chi connectivity index (χ1) is 7.52. The van der Waals surface area contributed by atoms with Gasteiger partial charge in [0.05, 0.1) is 10.5 Å². The van der Waals surface area contributed by atoms with Crippen LogP contribution in [0, 0.1) is 12.8 Å². The van der Waals surface area contributed by atoms with E-state index in [4.69, 9.17) is 11.6 Å². The molecule has 2 nitrogen and oxygen atoms in total. The van der Waals surface area contributed by atoms with Crippen LogP contribution in [0.1, 0.15) is 29.9 Å². The molecule has 0 saturated heterocycles. The summed E-state index contributed by atoms with van der Waals surface area (Å²) in [5.74, 6) is 0.155. The minimum Gasteiger partial charge on any atom is -0.357 e. The Morgan fingerprint density at radius 3 is 2.69 bits per heavy atom. The molecule has 2 aromatic rings. The van der Waals surface area contributed by atoms with E-state index in [0.717, 1.165) is 22.2 Å². The average Bonchev–Trinajstić information content (AvgIpc) is 2.55. The Morgan fingerprint density at radius 2 is 2.06 bits per heavy atom. The van der Waals surface area contributed by atoms with Gasteiger partial charge in [-0.1, -0.05) is 37.6 Å². The van der Waals surface area contributed by atoms with Crippen molar-refractivity contribution in [2.24, 2.45) is 5.92 Å². The van der Waals surface area contributed by atoms with Crippen LogP contribution in [0.5, 0.6) is 0 Å². The van der Waals surface area contributed by atoms with Gasteiger partial charge in [0.25, 0.3) is 0 Å². The number of halogens is 1. The number of para-hydroxylation sites is 1. The van der Waals surface area contributed by atoms with Crippen molar-refractivity contribution in [1.29, 1.82) is 0 Å². The lowest BCUT2D eigenvalue weighted by atomic mass is 9.98. The van der Waals surface area contributed by atoms with Crippen molar-refractivity contribution in [3.63, 3.8) is 0 Å². The first-order valence-electron chi connectivity index (χ1n) is 5.33. The van der Waals surface area contributed by atoms with Gasteiger partial charge in [-0.15, -0.1) is 0 Å². The zero-order chi connectivity index (χ0) is 11.9. The predicted octanol–water partition coefficient (Wildman–Crippen LogP) is 3.97. The smallest absolute Gasteiger partial charge is 0.167 e. The molecule has 0 unspecified atom stereocenters. The molecule has 0 spiro atoms. The lowest BCUT2D eigenvalue weighted by Gasteiger charge is -2.03. The Balaban J connectivity index is 2.75. The number of fused-ring (bicyclic) bond motifs is 1. The molecule has 0 aliphatic rings. The third-order valence-corrected chi connectivity index (χ3v) is 3.06. The predicted molar refractivity (Wildman–Crippen MR) is 67.2 cm³/mol. The van der Waals surface area contributed by atoms with Crippen molar-refractivity contribution < 1.29 is 4.79 Å². The van der Waals surface area contributed by atoms with E-state index in [1.54, 1.807) is 0 Å². The monoisotopic (exact) mass is 235 g/mol. The van der Waals surface area contributed by atoms with Crippen LogP contribution in [0.15, 0.2) is 18.2 Å². The second-order valence-electron chi connectivity index (χ2n) is 4.31. The van der Waals surface area contributed by atoms with E-state index in [-0.39, 0.29) is 11.7 Å². The van der Waals surface area contributed by atoms with Gasteiger partial charge in [0.2, 0.25) is 0 Å². The van der Waals surface area contributed by atoms with Crippen molar-refractivity contribution in [3.05, 3.63) is 34.5 Å². The van der Waals surface area contributed by atoms with Crippen LogP contribution in [0.2, 0.25) is 5.02 Å². The van der Waals surface area contributed by atoms with Gasteiger partial charge < -0.3 is 4.98 Å². The summed E-state index contributed by atoms with van der Waals surface area (Å²) in [5.41, 5.74) is 2.51. The van der Waals surface area contributed by atoms with E-state index in [1.807, 2.05) is 39.0 Å². The molecule has 1 heterocycles. The molecule has 0 aliphatic carbocycles. The van der Waals surface area contributed by atoms with Crippen molar-refractivity contribution in [2.75, 3.05) is 0 Å². The zero-order valence-electron chi connectivity index (χ0n) is 9.60. The van der Waals surface area contributed by atoms with Gasteiger partial charge in [0, 0.05) is 22.6 Å². The highest BCUT2D eigenvalue weighted by molar-refractivity contribution is 6.35. The van der Waals surface area contributed by atoms with E-state index in [2.05, 4.69) is 4.98 Å². The number of ketones is 1. The van der Waals surface area contributed by atoms with Crippen LogP contribution >= 0.6 is 11.6 Å². The Morgan fingerprint density at radius 1 is 1.38 bits per heavy atom. The third-order valence-electron chi connectivity index (χ3n) is 2.74. The number of aromatic nitrogens is 1. The van der Waals surface area contributed by atoms with Crippen molar-refractivity contribution >= 4 is 28.3 Å². The van der Waals surface area contributed by atoms with Crippen LogP contribution in [-0.4, -0.2) is 10.8 Å². The summed E-state index contributed by atoms with van der Waals surface area (Å²) in [6, 6.07) is 5.62. The molecule has 1 N–H and O–H groups in total. The first kappa shape index (κ1) is 11.2. The van der Waals surface area contributed by atoms with E-state index < -0.39 is 0 Å². The number of carbonyl (C=O) groups is 1. The summed E-state index contributed by atoms with van der Waals surface area (Å²) in [7, 11) is 0. The molecular weight excluding hydrogens is 222 g/mol. The number of Topliss-reactive ketones (excluding diaryl/α,β-unsaturated/α-hetero) is 1. The Bertz CT molecular complexity index is 554. The molecule has 84 valence electrons. The second kappa shape index (κ2) is 3.95. The molecule has 0 amide bonds. The van der Waals surface area contributed by atoms with Crippen LogP contribution in [0.3, 0.4) is 0 Å². The average molecular weight is 236 g/mol. The van der Waals surface area contributed by atoms with Gasteiger partial charge in [-0.2, -0.15) is 0 Å². The number of rotatable bonds is 2. The molecule has 0 bridgehead atoms. The molecular formula is C13H14ClNO. The summed E-state index contributed by atoms with van der Waals surface area (Å²) >= 11 is 6.08. The molecule has 0 atom stereocenters. The zero-order valence-corrected chi connectivity index (χ0v) is 10.4. The van der Waals surface area contributed by atoms with Crippen LogP contribution < -0.4 is 0 Å². The fourth-order valence-electron chi connectivity index (χ4n) is 1.92. The number of hydrogen-bond acceptors (Lipinski definition) is 1. The summed E-state index contributed by atoms with van der Waals surface area (Å²) in [4.78, 5) is 15.3. The maximum atomic E-state index is 12.1. The number of hydrogen-bond donors (Lipinski definition) is 1. The highest BCUT2D eigenvalue weighted by Gasteiger charge is 2.19. The summed E-state index contributed by atoms with van der Waals surface area (Å²) in [5, 5.41) is 1.58. The van der Waals surface area contributed by atoms with Gasteiger partial charge in [-0.25, -0.2) is 0 Å². The van der Waals surface area contributed by atoms with Crippen molar-refractivity contribution in [3.8, 4) is 0 Å². The number of aryl methyl sites for hydroxylation is 1. The fourth-order valence-corrected chi connectivity index (χ4v) is 2.14. The van der Waals surface area contributed by atoms with Gasteiger partial charge >= 0.3 is 0 Å². The number of benzene rings is 1. The molecule has 1 aromatic carbocycles. The standard InChI is InChI=1S/C13H14ClNO/c1-7(2)13(16)11-8(3)15-12-9(11)5-4-6-10(12)14/h4-7,15H,1-3H3. The van der Waals surface area contributed by atoms with E-state index >= 15 is 0 Å². The second-order valence-corrected chi connectivity index (χ2v) is 4.71. The molecule has 3 heteroatoms. The highest BCUT2D eigenvalue weighted by atomic mass is 35.5. The van der Waals surface area contributed by atoms with Crippen LogP contribution in [0.4, 0.5) is 0 Å². The van der Waals surface area contributed by atoms with Crippen LogP contribution in [0.25, 0.3) is 10.9 Å². The van der Waals surface area contributed by atoms with E-state index in [1.165, 1.54) is 0 Å². The van der Waals surface area contributed by atoms with Gasteiger partial charge in [-0.3, -0.25) is 4.79 Å². The number of aromatic amines is 1. The Labute approximate surface area is 99.6 Å². The lowest BCUT2D eigenvalue weighted by Crippen LogP contribution is -2.08. The Kier molecular flexibility index (Phi) is 2.76. The molecule has 1 aromatic heterocycles. The summed E-state index contributed by atoms with van der Waals surface area (Å²) in [6.45, 7) is 5.72. The number of carbonyl (C=O) groups excluding carboxylic acids is 1. The first-order valence-corrected chi connectivity index (χ1v) is 5.71. The molecule has 0 aliphatic heterocycles. The topological polar surface area (TPSA) is 32.9 Å². The SMILES string of the molecule is Cc1[nH]c2c(Cl)cccc2c1C(=O)C(C)C. The molecule has 2 rings (SSSR count). The minimum atomic E-state index is -0.00307. The van der Waals surface area contributed by atoms with Gasteiger partial charge in [-0.05, 0) is 13.0 Å². The molecule has 16 heavy (non-hydrogen) atoms. The lowest BCUT2D eigenvalue weighted by molar-refractivity contribution is 0.0940. The molecule has 0 fully saturated rings. The summed E-state index contributed by atoms with van der Waals surface area (Å²) < 4.78 is 0. The molecule has 0 radical (unpaired) electrons. The third kappa shape index (κ3) is 1.63. The molecule has 0 saturated carbocycles. The van der Waals surface area contributed by atoms with Crippen molar-refractivity contribution in [2.45, 2.75) is 20.8 Å². The number of H-pyrrole nitrogens is 1. The van der Waals surface area contributed by atoms with Crippen molar-refractivity contribution in [1.82, 2.24) is 4.98 Å².